The molecule has 0 saturated carbocycles. The van der Waals surface area contributed by atoms with Crippen LogP contribution in [0, 0.1) is 18.3 Å². The zero-order valence-corrected chi connectivity index (χ0v) is 13.7. The van der Waals surface area contributed by atoms with E-state index in [1.165, 1.54) is 0 Å². The van der Waals surface area contributed by atoms with Gasteiger partial charge in [-0.25, -0.2) is 5.01 Å². The van der Waals surface area contributed by atoms with Crippen molar-refractivity contribution < 1.29 is 0 Å². The third-order valence-corrected chi connectivity index (χ3v) is 4.00. The van der Waals surface area contributed by atoms with E-state index in [1.807, 2.05) is 90.3 Å². The van der Waals surface area contributed by atoms with E-state index in [4.69, 9.17) is 5.26 Å². The Morgan fingerprint density at radius 3 is 2.00 bits per heavy atom. The van der Waals surface area contributed by atoms with Crippen LogP contribution >= 0.6 is 0 Å². The van der Waals surface area contributed by atoms with Crippen molar-refractivity contribution in [1.29, 1.82) is 5.26 Å². The molecule has 0 aliphatic heterocycles. The van der Waals surface area contributed by atoms with Crippen LogP contribution in [0.4, 0.5) is 11.4 Å². The van der Waals surface area contributed by atoms with E-state index in [-0.39, 0.29) is 0 Å². The molecule has 3 aromatic rings. The Bertz CT molecular complexity index is 847. The summed E-state index contributed by atoms with van der Waals surface area (Å²) in [5.41, 5.74) is 4.53. The van der Waals surface area contributed by atoms with Gasteiger partial charge in [0.25, 0.3) is 0 Å². The number of rotatable bonds is 4. The highest BCUT2D eigenvalue weighted by atomic mass is 15.5. The lowest BCUT2D eigenvalue weighted by Crippen LogP contribution is -2.09. The molecule has 0 aliphatic rings. The van der Waals surface area contributed by atoms with Crippen molar-refractivity contribution in [3.05, 3.63) is 83.7 Å². The molecule has 0 amide bonds. The minimum atomic E-state index is 0.625. The molecule has 0 saturated heterocycles. The summed E-state index contributed by atoms with van der Waals surface area (Å²) in [5, 5.41) is 15.7. The largest absolute Gasteiger partial charge is 0.339 e. The van der Waals surface area contributed by atoms with E-state index in [1.54, 1.807) is 6.21 Å². The molecular weight excluding hydrogens is 296 g/mol. The molecule has 0 aliphatic carbocycles. The molecule has 0 atom stereocenters. The van der Waals surface area contributed by atoms with Crippen LogP contribution in [0.5, 0.6) is 0 Å². The number of hydrogen-bond acceptors (Lipinski definition) is 3. The van der Waals surface area contributed by atoms with Crippen LogP contribution in [0.15, 0.2) is 71.8 Å². The predicted molar refractivity (Wildman–Crippen MR) is 97.5 cm³/mol. The third-order valence-electron chi connectivity index (χ3n) is 4.00. The van der Waals surface area contributed by atoms with Crippen molar-refractivity contribution in [2.45, 2.75) is 6.92 Å². The van der Waals surface area contributed by atoms with Crippen molar-refractivity contribution in [2.24, 2.45) is 12.1 Å². The van der Waals surface area contributed by atoms with Gasteiger partial charge >= 0.3 is 0 Å². The Labute approximate surface area is 141 Å². The van der Waals surface area contributed by atoms with Crippen molar-refractivity contribution in [1.82, 2.24) is 4.57 Å². The number of nitriles is 1. The molecular formula is C20H18N4. The maximum absolute atomic E-state index is 9.16. The highest BCUT2D eigenvalue weighted by Crippen LogP contribution is 2.25. The van der Waals surface area contributed by atoms with Gasteiger partial charge in [0.05, 0.1) is 17.6 Å². The van der Waals surface area contributed by atoms with Gasteiger partial charge in [0, 0.05) is 18.3 Å². The van der Waals surface area contributed by atoms with Gasteiger partial charge in [0.2, 0.25) is 0 Å². The van der Waals surface area contributed by atoms with E-state index in [0.29, 0.717) is 5.69 Å². The van der Waals surface area contributed by atoms with Crippen molar-refractivity contribution >= 4 is 17.6 Å². The molecule has 4 heteroatoms. The SMILES string of the molecule is Cc1c(/C=N\N(c2ccccc2)c2ccccc2)cc(C#N)n1C. The maximum Gasteiger partial charge on any atom is 0.120 e. The molecule has 4 nitrogen and oxygen atoms in total. The molecule has 0 fully saturated rings. The summed E-state index contributed by atoms with van der Waals surface area (Å²) in [5.74, 6) is 0. The van der Waals surface area contributed by atoms with Crippen molar-refractivity contribution in [2.75, 3.05) is 5.01 Å². The molecule has 2 aromatic carbocycles. The molecule has 24 heavy (non-hydrogen) atoms. The first-order chi connectivity index (χ1) is 11.7. The number of nitrogens with zero attached hydrogens (tertiary/aromatic N) is 4. The molecule has 0 radical (unpaired) electrons. The molecule has 0 N–H and O–H groups in total. The summed E-state index contributed by atoms with van der Waals surface area (Å²) in [6, 6.07) is 24.0. The predicted octanol–water partition coefficient (Wildman–Crippen LogP) is 4.38. The normalized spacial score (nSPS) is 10.7. The number of hydrazone groups is 1. The van der Waals surface area contributed by atoms with Gasteiger partial charge < -0.3 is 4.57 Å². The van der Waals surface area contributed by atoms with Crippen molar-refractivity contribution in [3.8, 4) is 6.07 Å². The second-order valence-electron chi connectivity index (χ2n) is 5.47. The Morgan fingerprint density at radius 2 is 1.54 bits per heavy atom. The molecule has 1 heterocycles. The monoisotopic (exact) mass is 314 g/mol. The molecule has 0 spiro atoms. The highest BCUT2D eigenvalue weighted by Gasteiger charge is 2.09. The third kappa shape index (κ3) is 3.06. The number of hydrogen-bond donors (Lipinski definition) is 0. The summed E-state index contributed by atoms with van der Waals surface area (Å²) in [6.07, 6.45) is 1.80. The summed E-state index contributed by atoms with van der Waals surface area (Å²) in [6.45, 7) is 1.98. The van der Waals surface area contributed by atoms with E-state index >= 15 is 0 Å². The quantitative estimate of drug-likeness (QED) is 0.530. The molecule has 0 bridgehead atoms. The summed E-state index contributed by atoms with van der Waals surface area (Å²) in [4.78, 5) is 0. The lowest BCUT2D eigenvalue weighted by molar-refractivity contribution is 0.865. The van der Waals surface area contributed by atoms with Crippen LogP contribution < -0.4 is 5.01 Å². The van der Waals surface area contributed by atoms with Crippen LogP contribution in [0.1, 0.15) is 17.0 Å². The smallest absolute Gasteiger partial charge is 0.120 e. The van der Waals surface area contributed by atoms with E-state index in [0.717, 1.165) is 22.6 Å². The fraction of sp³-hybridized carbons (Fsp3) is 0.100. The van der Waals surface area contributed by atoms with Crippen LogP contribution in [-0.2, 0) is 7.05 Å². The van der Waals surface area contributed by atoms with Crippen LogP contribution in [0.25, 0.3) is 0 Å². The molecule has 0 unspecified atom stereocenters. The van der Waals surface area contributed by atoms with Crippen LogP contribution in [0.3, 0.4) is 0 Å². The Kier molecular flexibility index (Phi) is 4.44. The Balaban J connectivity index is 2.00. The second kappa shape index (κ2) is 6.84. The Morgan fingerprint density at radius 1 is 1.00 bits per heavy atom. The van der Waals surface area contributed by atoms with Gasteiger partial charge in [-0.1, -0.05) is 36.4 Å². The highest BCUT2D eigenvalue weighted by molar-refractivity contribution is 5.84. The summed E-state index contributed by atoms with van der Waals surface area (Å²) in [7, 11) is 1.89. The number of aromatic nitrogens is 1. The second-order valence-corrected chi connectivity index (χ2v) is 5.47. The number of anilines is 2. The van der Waals surface area contributed by atoms with Gasteiger partial charge in [0.15, 0.2) is 0 Å². The first-order valence-corrected chi connectivity index (χ1v) is 7.71. The summed E-state index contributed by atoms with van der Waals surface area (Å²) < 4.78 is 1.87. The van der Waals surface area contributed by atoms with Crippen molar-refractivity contribution in [3.63, 3.8) is 0 Å². The first kappa shape index (κ1) is 15.6. The lowest BCUT2D eigenvalue weighted by atomic mass is 10.2. The minimum absolute atomic E-state index is 0.625. The van der Waals surface area contributed by atoms with Gasteiger partial charge in [-0.15, -0.1) is 0 Å². The zero-order chi connectivity index (χ0) is 16.9. The lowest BCUT2D eigenvalue weighted by Gasteiger charge is -2.19. The topological polar surface area (TPSA) is 44.3 Å². The Hall–Kier alpha value is -3.32. The van der Waals surface area contributed by atoms with E-state index in [9.17, 15) is 0 Å². The minimum Gasteiger partial charge on any atom is -0.339 e. The van der Waals surface area contributed by atoms with Gasteiger partial charge in [-0.05, 0) is 37.3 Å². The molecule has 118 valence electrons. The summed E-state index contributed by atoms with van der Waals surface area (Å²) >= 11 is 0. The van der Waals surface area contributed by atoms with Crippen LogP contribution in [0.2, 0.25) is 0 Å². The zero-order valence-electron chi connectivity index (χ0n) is 13.7. The molecule has 1 aromatic heterocycles. The average Bonchev–Trinajstić information content (AvgIpc) is 2.91. The standard InChI is InChI=1S/C20H18N4/c1-16-17(13-20(14-21)23(16)2)15-22-24(18-9-5-3-6-10-18)19-11-7-4-8-12-19/h3-13,15H,1-2H3/b22-15-. The fourth-order valence-corrected chi connectivity index (χ4v) is 2.50. The number of benzene rings is 2. The van der Waals surface area contributed by atoms with Gasteiger partial charge in [-0.2, -0.15) is 10.4 Å². The van der Waals surface area contributed by atoms with Gasteiger partial charge in [-0.3, -0.25) is 0 Å². The fourth-order valence-electron chi connectivity index (χ4n) is 2.50. The molecule has 3 rings (SSSR count). The van der Waals surface area contributed by atoms with Gasteiger partial charge in [0.1, 0.15) is 11.8 Å². The first-order valence-electron chi connectivity index (χ1n) is 7.71. The average molecular weight is 314 g/mol. The number of para-hydroxylation sites is 2. The maximum atomic E-state index is 9.16. The van der Waals surface area contributed by atoms with E-state index < -0.39 is 0 Å². The van der Waals surface area contributed by atoms with E-state index in [2.05, 4.69) is 11.2 Å². The van der Waals surface area contributed by atoms with Crippen LogP contribution in [-0.4, -0.2) is 10.8 Å².